The molecule has 0 N–H and O–H groups in total. The molecule has 1 unspecified atom stereocenters. The van der Waals surface area contributed by atoms with E-state index in [0.29, 0.717) is 0 Å². The van der Waals surface area contributed by atoms with Crippen LogP contribution in [0.4, 0.5) is 0 Å². The molecule has 0 aromatic heterocycles. The Bertz CT molecular complexity index is 720. The van der Waals surface area contributed by atoms with Crippen molar-refractivity contribution in [2.24, 2.45) is 0 Å². The second-order valence-corrected chi connectivity index (χ2v) is 7.15. The Kier molecular flexibility index (Phi) is 6.63. The van der Waals surface area contributed by atoms with Gasteiger partial charge in [0.05, 0.1) is 0 Å². The summed E-state index contributed by atoms with van der Waals surface area (Å²) in [5, 5.41) is 1.16. The summed E-state index contributed by atoms with van der Waals surface area (Å²) in [6, 6.07) is 8.46. The van der Waals surface area contributed by atoms with E-state index in [-0.39, 0.29) is 33.0 Å². The zero-order valence-electron chi connectivity index (χ0n) is 13.7. The molecule has 0 aliphatic carbocycles. The van der Waals surface area contributed by atoms with Crippen molar-refractivity contribution < 1.29 is 4.79 Å². The van der Waals surface area contributed by atoms with Crippen molar-refractivity contribution in [3.63, 3.8) is 0 Å². The quantitative estimate of drug-likeness (QED) is 0.618. The summed E-state index contributed by atoms with van der Waals surface area (Å²) in [5.41, 5.74) is 8.30. The molecule has 112 valence electrons. The molecule has 0 radical (unpaired) electrons. The number of carbonyl (C=O) groups is 1. The molecule has 2 aromatic carbocycles. The minimum absolute atomic E-state index is 0. The van der Waals surface area contributed by atoms with E-state index in [9.17, 15) is 4.79 Å². The van der Waals surface area contributed by atoms with Crippen LogP contribution in [0.25, 0.3) is 0 Å². The van der Waals surface area contributed by atoms with Crippen LogP contribution in [0.1, 0.15) is 43.7 Å². The molecule has 0 aliphatic rings. The van der Waals surface area contributed by atoms with Gasteiger partial charge >= 0.3 is 18.9 Å². The van der Waals surface area contributed by atoms with Crippen molar-refractivity contribution in [3.05, 3.63) is 63.2 Å². The number of benzene rings is 2. The summed E-state index contributed by atoms with van der Waals surface area (Å²) in [6.45, 7) is 12.5. The summed E-state index contributed by atoms with van der Waals surface area (Å²) in [4.78, 5) is 12.8. The molecule has 0 spiro atoms. The van der Waals surface area contributed by atoms with Crippen LogP contribution in [-0.4, -0.2) is 24.4 Å². The van der Waals surface area contributed by atoms with E-state index in [2.05, 4.69) is 58.9 Å². The van der Waals surface area contributed by atoms with E-state index in [1.165, 1.54) is 22.3 Å². The molecule has 0 amide bonds. The predicted octanol–water partition coefficient (Wildman–Crippen LogP) is 4.03. The fourth-order valence-electron chi connectivity index (χ4n) is 2.69. The van der Waals surface area contributed by atoms with Gasteiger partial charge in [0.2, 0.25) is 0 Å². The third kappa shape index (κ3) is 3.91. The molecule has 0 saturated heterocycles. The van der Waals surface area contributed by atoms with Gasteiger partial charge in [-0.15, -0.1) is 0 Å². The molecule has 0 bridgehead atoms. The zero-order valence-corrected chi connectivity index (χ0v) is 14.7. The standard InChI is InChI=1S/C19H23OP.Li.H/c1-11-7-8-12(2)17(9-11)21-19(20)18-14(4)10-13(3)15(5)16(18)6;;/h7-10,21H,1-6H3;;. The van der Waals surface area contributed by atoms with Crippen molar-refractivity contribution in [2.75, 3.05) is 0 Å². The van der Waals surface area contributed by atoms with E-state index < -0.39 is 0 Å². The fourth-order valence-corrected chi connectivity index (χ4v) is 4.02. The first-order chi connectivity index (χ1) is 9.81. The molecule has 0 fully saturated rings. The first kappa shape index (κ1) is 19.2. The van der Waals surface area contributed by atoms with Gasteiger partial charge in [-0.05, 0) is 83.2 Å². The first-order valence-electron chi connectivity index (χ1n) is 7.27. The van der Waals surface area contributed by atoms with E-state index in [4.69, 9.17) is 0 Å². The molecule has 1 atom stereocenters. The molecule has 2 rings (SSSR count). The Morgan fingerprint density at radius 3 is 2.09 bits per heavy atom. The van der Waals surface area contributed by atoms with Gasteiger partial charge in [-0.3, -0.25) is 4.79 Å². The molecule has 0 aliphatic heterocycles. The van der Waals surface area contributed by atoms with Crippen LogP contribution < -0.4 is 5.30 Å². The number of carbonyl (C=O) groups excluding carboxylic acids is 1. The number of rotatable bonds is 3. The molecular formula is C19H24LiOP. The molecule has 0 saturated carbocycles. The van der Waals surface area contributed by atoms with Gasteiger partial charge in [0.25, 0.3) is 0 Å². The molecule has 2 aromatic rings. The molecule has 1 nitrogen and oxygen atoms in total. The van der Waals surface area contributed by atoms with Gasteiger partial charge in [0.15, 0.2) is 5.52 Å². The predicted molar refractivity (Wildman–Crippen MR) is 101 cm³/mol. The number of aryl methyl sites for hydroxylation is 4. The fraction of sp³-hybridized carbons (Fsp3) is 0.316. The van der Waals surface area contributed by atoms with Crippen LogP contribution in [0.15, 0.2) is 24.3 Å². The average Bonchev–Trinajstić information content (AvgIpc) is 2.40. The van der Waals surface area contributed by atoms with Crippen LogP contribution in [0, 0.1) is 41.5 Å². The SMILES string of the molecule is Cc1ccc(C)c(PC(=O)c2c(C)cc(C)c(C)c2C)c1.[LiH]. The summed E-state index contributed by atoms with van der Waals surface area (Å²) < 4.78 is 0. The van der Waals surface area contributed by atoms with Gasteiger partial charge in [0.1, 0.15) is 0 Å². The third-order valence-corrected chi connectivity index (χ3v) is 5.51. The first-order valence-corrected chi connectivity index (χ1v) is 8.27. The molecule has 0 heterocycles. The molecule has 22 heavy (non-hydrogen) atoms. The van der Waals surface area contributed by atoms with Crippen molar-refractivity contribution in [1.82, 2.24) is 0 Å². The van der Waals surface area contributed by atoms with Gasteiger partial charge in [-0.2, -0.15) is 0 Å². The zero-order chi connectivity index (χ0) is 15.7. The van der Waals surface area contributed by atoms with E-state index >= 15 is 0 Å². The number of hydrogen-bond donors (Lipinski definition) is 0. The van der Waals surface area contributed by atoms with Gasteiger partial charge in [-0.25, -0.2) is 0 Å². The minimum atomic E-state index is 0. The van der Waals surface area contributed by atoms with Crippen LogP contribution in [0.3, 0.4) is 0 Å². The van der Waals surface area contributed by atoms with Crippen molar-refractivity contribution in [2.45, 2.75) is 41.5 Å². The Balaban J connectivity index is 0.00000242. The Morgan fingerprint density at radius 1 is 0.818 bits per heavy atom. The van der Waals surface area contributed by atoms with Crippen LogP contribution in [0.2, 0.25) is 0 Å². The number of hydrogen-bond acceptors (Lipinski definition) is 1. The Hall–Kier alpha value is -0.863. The van der Waals surface area contributed by atoms with Crippen molar-refractivity contribution in [1.29, 1.82) is 0 Å². The maximum atomic E-state index is 12.8. The van der Waals surface area contributed by atoms with Gasteiger partial charge in [0, 0.05) is 5.56 Å². The topological polar surface area (TPSA) is 17.1 Å². The van der Waals surface area contributed by atoms with Crippen molar-refractivity contribution in [3.8, 4) is 0 Å². The van der Waals surface area contributed by atoms with Crippen LogP contribution in [-0.2, 0) is 0 Å². The Labute approximate surface area is 147 Å². The summed E-state index contributed by atoms with van der Waals surface area (Å²) in [5.74, 6) is 0. The summed E-state index contributed by atoms with van der Waals surface area (Å²) >= 11 is 0. The second kappa shape index (κ2) is 7.61. The molecule has 3 heteroatoms. The normalized spacial score (nSPS) is 10.8. The molecular weight excluding hydrogens is 282 g/mol. The monoisotopic (exact) mass is 306 g/mol. The summed E-state index contributed by atoms with van der Waals surface area (Å²) in [7, 11) is 0.198. The van der Waals surface area contributed by atoms with Gasteiger partial charge < -0.3 is 0 Å². The maximum absolute atomic E-state index is 12.8. The van der Waals surface area contributed by atoms with E-state index in [1.54, 1.807) is 0 Å². The third-order valence-electron chi connectivity index (χ3n) is 4.22. The van der Waals surface area contributed by atoms with Crippen LogP contribution >= 0.6 is 8.58 Å². The Morgan fingerprint density at radius 2 is 1.45 bits per heavy atom. The summed E-state index contributed by atoms with van der Waals surface area (Å²) in [6.07, 6.45) is 0. The van der Waals surface area contributed by atoms with Crippen molar-refractivity contribution >= 4 is 38.3 Å². The van der Waals surface area contributed by atoms with Gasteiger partial charge in [-0.1, -0.05) is 29.8 Å². The average molecular weight is 306 g/mol. The van der Waals surface area contributed by atoms with Crippen LogP contribution in [0.5, 0.6) is 0 Å². The second-order valence-electron chi connectivity index (χ2n) is 5.91. The van der Waals surface area contributed by atoms with E-state index in [0.717, 1.165) is 22.0 Å². The van der Waals surface area contributed by atoms with E-state index in [1.807, 2.05) is 6.92 Å².